The van der Waals surface area contributed by atoms with E-state index >= 15 is 0 Å². The summed E-state index contributed by atoms with van der Waals surface area (Å²) in [5.74, 6) is -0.929. The minimum atomic E-state index is -1.53. The minimum absolute atomic E-state index is 0.0134. The summed E-state index contributed by atoms with van der Waals surface area (Å²) in [7, 11) is 0. The molecular weight excluding hydrogens is 536 g/mol. The van der Waals surface area contributed by atoms with Gasteiger partial charge in [0, 0.05) is 6.04 Å². The predicted molar refractivity (Wildman–Crippen MR) is 136 cm³/mol. The molecule has 0 aromatic carbocycles. The number of amides is 1. The lowest BCUT2D eigenvalue weighted by atomic mass is 9.83. The minimum Gasteiger partial charge on any atom is -0.394 e. The lowest BCUT2D eigenvalue weighted by molar-refractivity contribution is -0.311. The van der Waals surface area contributed by atoms with Crippen LogP contribution in [0.5, 0.6) is 0 Å². The number of hydrogen-bond donors (Lipinski definition) is 11. The van der Waals surface area contributed by atoms with Crippen molar-refractivity contribution in [2.75, 3.05) is 13.2 Å². The van der Waals surface area contributed by atoms with Gasteiger partial charge in [0.2, 0.25) is 5.91 Å². The molecule has 3 fully saturated rings. The first kappa shape index (κ1) is 33.4. The van der Waals surface area contributed by atoms with Crippen LogP contribution >= 0.6 is 0 Å². The number of carbonyl (C=O) groups is 1. The van der Waals surface area contributed by atoms with E-state index in [-0.39, 0.29) is 25.3 Å². The maximum absolute atomic E-state index is 12.5. The highest BCUT2D eigenvalue weighted by Gasteiger charge is 2.53. The molecular formula is C24H46N4O12. The Labute approximate surface area is 232 Å². The van der Waals surface area contributed by atoms with Gasteiger partial charge in [-0.05, 0) is 25.3 Å². The van der Waals surface area contributed by atoms with Gasteiger partial charge in [-0.1, -0.05) is 20.3 Å². The van der Waals surface area contributed by atoms with Crippen LogP contribution in [0.1, 0.15) is 33.1 Å². The van der Waals surface area contributed by atoms with Crippen LogP contribution in [0.2, 0.25) is 0 Å². The molecule has 1 saturated carbocycles. The average molecular weight is 583 g/mol. The van der Waals surface area contributed by atoms with Crippen LogP contribution in [0.15, 0.2) is 0 Å². The molecule has 0 radical (unpaired) electrons. The number of hydrogen-bond acceptors (Lipinski definition) is 15. The number of nitrogens with one attached hydrogen (secondary N) is 1. The zero-order valence-electron chi connectivity index (χ0n) is 22.7. The van der Waals surface area contributed by atoms with E-state index < -0.39 is 104 Å². The van der Waals surface area contributed by atoms with Gasteiger partial charge in [0.25, 0.3) is 0 Å². The molecule has 0 spiro atoms. The van der Waals surface area contributed by atoms with Gasteiger partial charge in [0.05, 0.1) is 24.8 Å². The van der Waals surface area contributed by atoms with Crippen molar-refractivity contribution >= 4 is 5.91 Å². The van der Waals surface area contributed by atoms with Gasteiger partial charge in [-0.15, -0.1) is 0 Å². The summed E-state index contributed by atoms with van der Waals surface area (Å²) < 4.78 is 23.3. The van der Waals surface area contributed by atoms with Crippen LogP contribution in [0, 0.1) is 5.92 Å². The van der Waals surface area contributed by atoms with Crippen LogP contribution in [-0.2, 0) is 23.7 Å². The van der Waals surface area contributed by atoms with Crippen molar-refractivity contribution in [2.24, 2.45) is 23.1 Å². The van der Waals surface area contributed by atoms with Crippen LogP contribution in [0.3, 0.4) is 0 Å². The maximum atomic E-state index is 12.5. The molecule has 0 bridgehead atoms. The number of aliphatic hydroxyl groups is 7. The molecule has 2 aliphatic heterocycles. The molecule has 14 N–H and O–H groups in total. The SMILES string of the molecule is CCC(C)[C@H]1O[C@@H](OC2C(O)[C@H](NC(=O)[C@@H](O)CCN)CC(N)[C@H]2O[C@H]2OC(CO)[C@@H](O)C(O)C2N)[C@@H](O)C1O. The van der Waals surface area contributed by atoms with Crippen LogP contribution in [-0.4, -0.2) is 147 Å². The third-order valence-electron chi connectivity index (χ3n) is 8.06. The van der Waals surface area contributed by atoms with Crippen molar-refractivity contribution in [3.05, 3.63) is 0 Å². The van der Waals surface area contributed by atoms with E-state index in [1.165, 1.54) is 0 Å². The molecule has 2 saturated heterocycles. The van der Waals surface area contributed by atoms with Gasteiger partial charge in [-0.2, -0.15) is 0 Å². The molecule has 3 aliphatic rings. The first-order chi connectivity index (χ1) is 18.9. The fourth-order valence-electron chi connectivity index (χ4n) is 5.30. The predicted octanol–water partition coefficient (Wildman–Crippen LogP) is -5.70. The van der Waals surface area contributed by atoms with E-state index in [1.807, 2.05) is 13.8 Å². The first-order valence-electron chi connectivity index (χ1n) is 13.7. The molecule has 234 valence electrons. The van der Waals surface area contributed by atoms with E-state index in [9.17, 15) is 40.5 Å². The molecule has 16 heteroatoms. The van der Waals surface area contributed by atoms with Crippen molar-refractivity contribution in [3.63, 3.8) is 0 Å². The number of carbonyl (C=O) groups excluding carboxylic acids is 1. The quantitative estimate of drug-likeness (QED) is 0.108. The molecule has 16 atom stereocenters. The Morgan fingerprint density at radius 3 is 2.23 bits per heavy atom. The second kappa shape index (κ2) is 14.4. The zero-order valence-corrected chi connectivity index (χ0v) is 22.7. The van der Waals surface area contributed by atoms with Crippen molar-refractivity contribution in [3.8, 4) is 0 Å². The molecule has 1 aliphatic carbocycles. The number of rotatable bonds is 11. The number of ether oxygens (including phenoxy) is 4. The highest BCUT2D eigenvalue weighted by atomic mass is 16.7. The summed E-state index contributed by atoms with van der Waals surface area (Å²) in [5.41, 5.74) is 17.8. The highest BCUT2D eigenvalue weighted by molar-refractivity contribution is 5.80. The van der Waals surface area contributed by atoms with Crippen molar-refractivity contribution in [2.45, 2.75) is 125 Å². The van der Waals surface area contributed by atoms with Crippen molar-refractivity contribution < 1.29 is 59.5 Å². The third-order valence-corrected chi connectivity index (χ3v) is 8.06. The van der Waals surface area contributed by atoms with Crippen LogP contribution in [0.25, 0.3) is 0 Å². The number of nitrogens with two attached hydrogens (primary N) is 3. The van der Waals surface area contributed by atoms with Gasteiger partial charge in [-0.3, -0.25) is 4.79 Å². The Kier molecular flexibility index (Phi) is 12.0. The van der Waals surface area contributed by atoms with Gasteiger partial charge in [-0.25, -0.2) is 0 Å². The van der Waals surface area contributed by atoms with E-state index in [4.69, 9.17) is 36.1 Å². The topological polar surface area (TPSA) is 286 Å². The van der Waals surface area contributed by atoms with Gasteiger partial charge < -0.3 is 77.2 Å². The van der Waals surface area contributed by atoms with Gasteiger partial charge in [0.1, 0.15) is 54.9 Å². The summed E-state index contributed by atoms with van der Waals surface area (Å²) in [4.78, 5) is 12.5. The standard InChI is InChI=1S/C24H46N4O12/c1-3-8(2)19-17(34)18(35)24(38-19)40-21-14(31)10(28-22(36)11(30)4-5-25)6-9(26)20(21)39-23-13(27)16(33)15(32)12(7-29)37-23/h8-21,23-24,29-35H,3-7,25-27H2,1-2H3,(H,28,36)/t8?,9?,10-,11+,12?,13?,14?,15-,16?,17?,18+,19-,20-,21?,23-,24+/m1/s1. The van der Waals surface area contributed by atoms with E-state index in [2.05, 4.69) is 5.32 Å². The lowest BCUT2D eigenvalue weighted by Crippen LogP contribution is -2.69. The normalized spacial score (nSPS) is 45.7. The Balaban J connectivity index is 1.85. The molecule has 0 aromatic rings. The van der Waals surface area contributed by atoms with Crippen LogP contribution in [0.4, 0.5) is 0 Å². The highest BCUT2D eigenvalue weighted by Crippen LogP contribution is 2.34. The van der Waals surface area contributed by atoms with Crippen LogP contribution < -0.4 is 22.5 Å². The molecule has 0 aromatic heterocycles. The van der Waals surface area contributed by atoms with E-state index in [0.717, 1.165) is 0 Å². The largest absolute Gasteiger partial charge is 0.394 e. The molecule has 2 heterocycles. The Hall–Kier alpha value is -1.09. The maximum Gasteiger partial charge on any atom is 0.249 e. The Bertz CT molecular complexity index is 814. The smallest absolute Gasteiger partial charge is 0.249 e. The fraction of sp³-hybridized carbons (Fsp3) is 0.958. The molecule has 8 unspecified atom stereocenters. The second-order valence-corrected chi connectivity index (χ2v) is 10.9. The molecule has 16 nitrogen and oxygen atoms in total. The lowest BCUT2D eigenvalue weighted by Gasteiger charge is -2.47. The molecule has 1 amide bonds. The molecule has 3 rings (SSSR count). The van der Waals surface area contributed by atoms with Gasteiger partial charge >= 0.3 is 0 Å². The van der Waals surface area contributed by atoms with Crippen molar-refractivity contribution in [1.29, 1.82) is 0 Å². The summed E-state index contributed by atoms with van der Waals surface area (Å²) in [6.07, 6.45) is -15.6. The summed E-state index contributed by atoms with van der Waals surface area (Å²) in [6.45, 7) is 3.12. The number of aliphatic hydroxyl groups excluding tert-OH is 7. The second-order valence-electron chi connectivity index (χ2n) is 10.9. The monoisotopic (exact) mass is 582 g/mol. The first-order valence-corrected chi connectivity index (χ1v) is 13.7. The van der Waals surface area contributed by atoms with Crippen molar-refractivity contribution in [1.82, 2.24) is 5.32 Å². The average Bonchev–Trinajstić information content (AvgIpc) is 3.21. The summed E-state index contributed by atoms with van der Waals surface area (Å²) >= 11 is 0. The Morgan fingerprint density at radius 1 is 0.975 bits per heavy atom. The third kappa shape index (κ3) is 7.09. The summed E-state index contributed by atoms with van der Waals surface area (Å²) in [6, 6.07) is -3.28. The van der Waals surface area contributed by atoms with Gasteiger partial charge in [0.15, 0.2) is 12.6 Å². The fourth-order valence-corrected chi connectivity index (χ4v) is 5.30. The summed E-state index contributed by atoms with van der Waals surface area (Å²) in [5, 5.41) is 75.1. The van der Waals surface area contributed by atoms with E-state index in [1.54, 1.807) is 0 Å². The van der Waals surface area contributed by atoms with E-state index in [0.29, 0.717) is 6.42 Å². The zero-order chi connectivity index (χ0) is 29.9. The Morgan fingerprint density at radius 2 is 1.62 bits per heavy atom. The molecule has 40 heavy (non-hydrogen) atoms.